The van der Waals surface area contributed by atoms with Crippen molar-refractivity contribution in [3.8, 4) is 0 Å². The standard InChI is InChI=1S/C11H13ClN4O/c1-7-11(12)9(16(2)15-7)3-10(17)8-4-13-6-14-5-8/h4-6,10,17H,3H2,1-2H3. The van der Waals surface area contributed by atoms with Crippen LogP contribution in [0.25, 0.3) is 0 Å². The maximum atomic E-state index is 10.1. The van der Waals surface area contributed by atoms with Gasteiger partial charge in [-0.05, 0) is 6.92 Å². The van der Waals surface area contributed by atoms with Crippen molar-refractivity contribution in [3.63, 3.8) is 0 Å². The van der Waals surface area contributed by atoms with Crippen LogP contribution in [0.15, 0.2) is 18.7 Å². The Kier molecular flexibility index (Phi) is 3.40. The molecule has 0 radical (unpaired) electrons. The van der Waals surface area contributed by atoms with Crippen LogP contribution in [0.4, 0.5) is 0 Å². The van der Waals surface area contributed by atoms with Gasteiger partial charge in [-0.1, -0.05) is 11.6 Å². The second-order valence-electron chi connectivity index (χ2n) is 3.86. The molecule has 1 N–H and O–H groups in total. The van der Waals surface area contributed by atoms with Crippen molar-refractivity contribution in [2.24, 2.45) is 7.05 Å². The van der Waals surface area contributed by atoms with E-state index < -0.39 is 6.10 Å². The van der Waals surface area contributed by atoms with E-state index in [1.165, 1.54) is 6.33 Å². The fraction of sp³-hybridized carbons (Fsp3) is 0.364. The van der Waals surface area contributed by atoms with Crippen LogP contribution in [-0.2, 0) is 13.5 Å². The largest absolute Gasteiger partial charge is 0.388 e. The molecule has 0 aliphatic carbocycles. The van der Waals surface area contributed by atoms with Gasteiger partial charge < -0.3 is 5.11 Å². The van der Waals surface area contributed by atoms with E-state index in [4.69, 9.17) is 11.6 Å². The number of nitrogens with zero attached hydrogens (tertiary/aromatic N) is 4. The summed E-state index contributed by atoms with van der Waals surface area (Å²) in [6.07, 6.45) is 4.33. The topological polar surface area (TPSA) is 63.8 Å². The summed E-state index contributed by atoms with van der Waals surface area (Å²) in [5.41, 5.74) is 2.24. The fourth-order valence-corrected chi connectivity index (χ4v) is 1.92. The van der Waals surface area contributed by atoms with Crippen LogP contribution < -0.4 is 0 Å². The van der Waals surface area contributed by atoms with Crippen LogP contribution in [0.3, 0.4) is 0 Å². The van der Waals surface area contributed by atoms with E-state index in [9.17, 15) is 5.11 Å². The molecule has 0 spiro atoms. The second-order valence-corrected chi connectivity index (χ2v) is 4.24. The molecule has 0 saturated carbocycles. The van der Waals surface area contributed by atoms with Gasteiger partial charge in [0.1, 0.15) is 6.33 Å². The molecule has 2 aromatic rings. The van der Waals surface area contributed by atoms with Gasteiger partial charge >= 0.3 is 0 Å². The smallest absolute Gasteiger partial charge is 0.115 e. The molecule has 0 fully saturated rings. The summed E-state index contributed by atoms with van der Waals surface area (Å²) in [4.78, 5) is 7.74. The minimum Gasteiger partial charge on any atom is -0.388 e. The molecule has 1 unspecified atom stereocenters. The molecular weight excluding hydrogens is 240 g/mol. The predicted octanol–water partition coefficient (Wildman–Crippen LogP) is 1.45. The first-order valence-corrected chi connectivity index (χ1v) is 5.58. The molecule has 1 atom stereocenters. The number of aliphatic hydroxyl groups is 1. The third-order valence-corrected chi connectivity index (χ3v) is 3.11. The number of rotatable bonds is 3. The minimum absolute atomic E-state index is 0.392. The monoisotopic (exact) mass is 252 g/mol. The lowest BCUT2D eigenvalue weighted by molar-refractivity contribution is 0.175. The highest BCUT2D eigenvalue weighted by molar-refractivity contribution is 6.31. The molecule has 0 saturated heterocycles. The molecule has 17 heavy (non-hydrogen) atoms. The number of aromatic nitrogens is 4. The maximum Gasteiger partial charge on any atom is 0.115 e. The van der Waals surface area contributed by atoms with Gasteiger partial charge in [0.25, 0.3) is 0 Å². The van der Waals surface area contributed by atoms with Crippen molar-refractivity contribution in [3.05, 3.63) is 40.7 Å². The number of hydrogen-bond acceptors (Lipinski definition) is 4. The van der Waals surface area contributed by atoms with E-state index in [0.717, 1.165) is 11.4 Å². The number of aliphatic hydroxyl groups excluding tert-OH is 1. The number of hydrogen-bond donors (Lipinski definition) is 1. The first kappa shape index (κ1) is 12.0. The van der Waals surface area contributed by atoms with Gasteiger partial charge in [0.2, 0.25) is 0 Å². The summed E-state index contributed by atoms with van der Waals surface area (Å²) in [6, 6.07) is 0. The first-order chi connectivity index (χ1) is 8.09. The summed E-state index contributed by atoms with van der Waals surface area (Å²) < 4.78 is 1.69. The third kappa shape index (κ3) is 2.45. The molecule has 0 aliphatic rings. The van der Waals surface area contributed by atoms with E-state index in [-0.39, 0.29) is 0 Å². The Morgan fingerprint density at radius 3 is 2.59 bits per heavy atom. The van der Waals surface area contributed by atoms with Crippen molar-refractivity contribution in [1.82, 2.24) is 19.7 Å². The van der Waals surface area contributed by atoms with Crippen LogP contribution in [0, 0.1) is 6.92 Å². The van der Waals surface area contributed by atoms with Crippen molar-refractivity contribution in [2.75, 3.05) is 0 Å². The van der Waals surface area contributed by atoms with Crippen LogP contribution in [0.5, 0.6) is 0 Å². The molecule has 0 aromatic carbocycles. The molecule has 0 amide bonds. The maximum absolute atomic E-state index is 10.1. The number of halogens is 1. The van der Waals surface area contributed by atoms with E-state index in [1.54, 1.807) is 17.1 Å². The minimum atomic E-state index is -0.677. The molecule has 5 nitrogen and oxygen atoms in total. The highest BCUT2D eigenvalue weighted by Gasteiger charge is 2.16. The Hall–Kier alpha value is -1.46. The molecule has 90 valence electrons. The van der Waals surface area contributed by atoms with Crippen LogP contribution in [-0.4, -0.2) is 24.9 Å². The highest BCUT2D eigenvalue weighted by Crippen LogP contribution is 2.24. The Morgan fingerprint density at radius 1 is 1.41 bits per heavy atom. The lowest BCUT2D eigenvalue weighted by Crippen LogP contribution is -2.07. The zero-order valence-electron chi connectivity index (χ0n) is 9.63. The zero-order valence-corrected chi connectivity index (χ0v) is 10.4. The molecule has 2 heterocycles. The van der Waals surface area contributed by atoms with Gasteiger partial charge in [0.05, 0.1) is 22.5 Å². The van der Waals surface area contributed by atoms with Gasteiger partial charge in [0, 0.05) is 31.4 Å². The Bertz CT molecular complexity index is 512. The molecular formula is C11H13ClN4O. The zero-order chi connectivity index (χ0) is 12.4. The van der Waals surface area contributed by atoms with Gasteiger partial charge in [-0.25, -0.2) is 9.97 Å². The summed E-state index contributed by atoms with van der Waals surface area (Å²) >= 11 is 6.12. The normalized spacial score (nSPS) is 12.7. The lowest BCUT2D eigenvalue weighted by Gasteiger charge is -2.10. The molecule has 6 heteroatoms. The predicted molar refractivity (Wildman–Crippen MR) is 63.7 cm³/mol. The van der Waals surface area contributed by atoms with Gasteiger partial charge in [-0.3, -0.25) is 4.68 Å². The second kappa shape index (κ2) is 4.81. The van der Waals surface area contributed by atoms with E-state index in [1.807, 2.05) is 14.0 Å². The molecule has 2 rings (SSSR count). The molecule has 0 aliphatic heterocycles. The quantitative estimate of drug-likeness (QED) is 0.898. The van der Waals surface area contributed by atoms with Gasteiger partial charge in [-0.15, -0.1) is 0 Å². The fourth-order valence-electron chi connectivity index (χ4n) is 1.69. The average Bonchev–Trinajstić information content (AvgIpc) is 2.57. The Morgan fingerprint density at radius 2 is 2.06 bits per heavy atom. The van der Waals surface area contributed by atoms with E-state index >= 15 is 0 Å². The van der Waals surface area contributed by atoms with Gasteiger partial charge in [0.15, 0.2) is 0 Å². The van der Waals surface area contributed by atoms with E-state index in [0.29, 0.717) is 17.0 Å². The highest BCUT2D eigenvalue weighted by atomic mass is 35.5. The lowest BCUT2D eigenvalue weighted by atomic mass is 10.1. The van der Waals surface area contributed by atoms with Crippen LogP contribution in [0.2, 0.25) is 5.02 Å². The summed E-state index contributed by atoms with van der Waals surface area (Å²) in [6.45, 7) is 1.84. The van der Waals surface area contributed by atoms with Crippen molar-refractivity contribution in [2.45, 2.75) is 19.4 Å². The summed E-state index contributed by atoms with van der Waals surface area (Å²) in [7, 11) is 1.81. The first-order valence-electron chi connectivity index (χ1n) is 5.20. The Balaban J connectivity index is 2.22. The van der Waals surface area contributed by atoms with Gasteiger partial charge in [-0.2, -0.15) is 5.10 Å². The van der Waals surface area contributed by atoms with Crippen molar-refractivity contribution in [1.29, 1.82) is 0 Å². The number of aryl methyl sites for hydroxylation is 2. The van der Waals surface area contributed by atoms with Crippen LogP contribution in [0.1, 0.15) is 23.1 Å². The third-order valence-electron chi connectivity index (χ3n) is 2.61. The Labute approximate surface area is 104 Å². The van der Waals surface area contributed by atoms with E-state index in [2.05, 4.69) is 15.1 Å². The van der Waals surface area contributed by atoms with Crippen molar-refractivity contribution >= 4 is 11.6 Å². The molecule has 2 aromatic heterocycles. The summed E-state index contributed by atoms with van der Waals surface area (Å²) in [5, 5.41) is 14.9. The molecule has 0 bridgehead atoms. The summed E-state index contributed by atoms with van der Waals surface area (Å²) in [5.74, 6) is 0. The average molecular weight is 253 g/mol. The van der Waals surface area contributed by atoms with Crippen molar-refractivity contribution < 1.29 is 5.11 Å². The van der Waals surface area contributed by atoms with Crippen LogP contribution >= 0.6 is 11.6 Å². The SMILES string of the molecule is Cc1nn(C)c(CC(O)c2cncnc2)c1Cl.